The van der Waals surface area contributed by atoms with Gasteiger partial charge in [-0.1, -0.05) is 6.07 Å². The van der Waals surface area contributed by atoms with E-state index in [2.05, 4.69) is 26.0 Å². The van der Waals surface area contributed by atoms with E-state index >= 15 is 0 Å². The van der Waals surface area contributed by atoms with E-state index in [-0.39, 0.29) is 5.75 Å². The predicted octanol–water partition coefficient (Wildman–Crippen LogP) is 3.47. The van der Waals surface area contributed by atoms with Crippen LogP contribution >= 0.6 is 15.9 Å². The third-order valence-electron chi connectivity index (χ3n) is 3.01. The summed E-state index contributed by atoms with van der Waals surface area (Å²) in [5, 5.41) is 3.27. The Morgan fingerprint density at radius 2 is 2.20 bits per heavy atom. The molecule has 1 aromatic carbocycles. The van der Waals surface area contributed by atoms with Gasteiger partial charge in [-0.05, 0) is 46.0 Å². The largest absolute Gasteiger partial charge is 0.573 e. The second-order valence-corrected chi connectivity index (χ2v) is 5.53. The van der Waals surface area contributed by atoms with Crippen molar-refractivity contribution in [2.24, 2.45) is 5.92 Å². The summed E-state index contributed by atoms with van der Waals surface area (Å²) < 4.78 is 45.8. The molecule has 0 spiro atoms. The molecule has 0 amide bonds. The zero-order chi connectivity index (χ0) is 14.6. The van der Waals surface area contributed by atoms with E-state index in [1.807, 2.05) is 0 Å². The van der Waals surface area contributed by atoms with Gasteiger partial charge < -0.3 is 14.8 Å². The lowest BCUT2D eigenvalue weighted by molar-refractivity contribution is -0.274. The van der Waals surface area contributed by atoms with Gasteiger partial charge in [0.05, 0.1) is 11.1 Å². The van der Waals surface area contributed by atoms with Crippen molar-refractivity contribution in [3.05, 3.63) is 28.2 Å². The highest BCUT2D eigenvalue weighted by molar-refractivity contribution is 9.10. The molecule has 0 aromatic heterocycles. The number of ether oxygens (including phenoxy) is 2. The van der Waals surface area contributed by atoms with Crippen molar-refractivity contribution in [3.8, 4) is 5.75 Å². The van der Waals surface area contributed by atoms with Crippen LogP contribution < -0.4 is 10.1 Å². The summed E-state index contributed by atoms with van der Waals surface area (Å²) in [7, 11) is 0. The van der Waals surface area contributed by atoms with E-state index in [0.29, 0.717) is 16.9 Å². The molecule has 1 unspecified atom stereocenters. The zero-order valence-corrected chi connectivity index (χ0v) is 12.3. The maximum absolute atomic E-state index is 12.1. The molecule has 0 saturated carbocycles. The number of nitrogens with one attached hydrogen (secondary N) is 1. The van der Waals surface area contributed by atoms with Crippen molar-refractivity contribution in [3.63, 3.8) is 0 Å². The van der Waals surface area contributed by atoms with Gasteiger partial charge >= 0.3 is 6.36 Å². The molecule has 1 saturated heterocycles. The van der Waals surface area contributed by atoms with Crippen molar-refractivity contribution in [1.82, 2.24) is 5.32 Å². The zero-order valence-electron chi connectivity index (χ0n) is 10.7. The summed E-state index contributed by atoms with van der Waals surface area (Å²) in [5.41, 5.74) is 0.894. The van der Waals surface area contributed by atoms with Gasteiger partial charge in [-0.3, -0.25) is 0 Å². The van der Waals surface area contributed by atoms with Crippen LogP contribution in [0.25, 0.3) is 0 Å². The number of hydrogen-bond acceptors (Lipinski definition) is 3. The second kappa shape index (κ2) is 6.78. The minimum atomic E-state index is -4.68. The molecular formula is C13H15BrF3NO2. The molecule has 1 aromatic rings. The molecule has 2 rings (SSSR count). The number of rotatable bonds is 5. The smallest absolute Gasteiger partial charge is 0.405 e. The first-order valence-electron chi connectivity index (χ1n) is 6.26. The van der Waals surface area contributed by atoms with Crippen LogP contribution in [-0.4, -0.2) is 26.1 Å². The maximum Gasteiger partial charge on any atom is 0.573 e. The minimum absolute atomic E-state index is 0.231. The van der Waals surface area contributed by atoms with Crippen molar-refractivity contribution >= 4 is 15.9 Å². The van der Waals surface area contributed by atoms with Crippen LogP contribution in [0.2, 0.25) is 0 Å². The van der Waals surface area contributed by atoms with Crippen LogP contribution in [0, 0.1) is 5.92 Å². The first-order chi connectivity index (χ1) is 9.44. The fourth-order valence-corrected chi connectivity index (χ4v) is 2.53. The number of hydrogen-bond donors (Lipinski definition) is 1. The Kier molecular flexibility index (Phi) is 5.29. The van der Waals surface area contributed by atoms with Gasteiger partial charge in [0.15, 0.2) is 0 Å². The van der Waals surface area contributed by atoms with E-state index in [1.54, 1.807) is 12.1 Å². The number of benzene rings is 1. The van der Waals surface area contributed by atoms with Gasteiger partial charge in [-0.15, -0.1) is 13.2 Å². The van der Waals surface area contributed by atoms with Gasteiger partial charge in [0.25, 0.3) is 0 Å². The third kappa shape index (κ3) is 4.96. The van der Waals surface area contributed by atoms with Gasteiger partial charge in [-0.25, -0.2) is 0 Å². The van der Waals surface area contributed by atoms with Crippen LogP contribution in [-0.2, 0) is 11.3 Å². The van der Waals surface area contributed by atoms with Crippen LogP contribution in [0.15, 0.2) is 22.7 Å². The van der Waals surface area contributed by atoms with Gasteiger partial charge in [0.2, 0.25) is 0 Å². The fourth-order valence-electron chi connectivity index (χ4n) is 2.03. The van der Waals surface area contributed by atoms with Gasteiger partial charge in [-0.2, -0.15) is 0 Å². The van der Waals surface area contributed by atoms with Crippen molar-refractivity contribution < 1.29 is 22.6 Å². The Morgan fingerprint density at radius 3 is 2.80 bits per heavy atom. The lowest BCUT2D eigenvalue weighted by Crippen LogP contribution is -2.22. The van der Waals surface area contributed by atoms with E-state index < -0.39 is 6.36 Å². The Morgan fingerprint density at radius 1 is 1.40 bits per heavy atom. The Balaban J connectivity index is 1.85. The highest BCUT2D eigenvalue weighted by Gasteiger charge is 2.31. The standard InChI is InChI=1S/C13H15BrF3NO2/c14-11-5-9(1-2-12(11)20-13(15,16)17)6-18-7-10-3-4-19-8-10/h1-2,5,10,18H,3-4,6-8H2. The molecule has 1 N–H and O–H groups in total. The maximum atomic E-state index is 12.1. The molecular weight excluding hydrogens is 339 g/mol. The summed E-state index contributed by atoms with van der Waals surface area (Å²) in [6.45, 7) is 3.02. The van der Waals surface area contributed by atoms with Crippen molar-refractivity contribution in [2.75, 3.05) is 19.8 Å². The van der Waals surface area contributed by atoms with Crippen LogP contribution in [0.5, 0.6) is 5.75 Å². The molecule has 1 atom stereocenters. The van der Waals surface area contributed by atoms with Gasteiger partial charge in [0.1, 0.15) is 5.75 Å². The van der Waals surface area contributed by atoms with E-state index in [4.69, 9.17) is 4.74 Å². The molecule has 0 radical (unpaired) electrons. The summed E-state index contributed by atoms with van der Waals surface area (Å²) in [4.78, 5) is 0. The Hall–Kier alpha value is -0.790. The molecule has 0 bridgehead atoms. The summed E-state index contributed by atoms with van der Waals surface area (Å²) in [5.74, 6) is 0.289. The first kappa shape index (κ1) is 15.6. The highest BCUT2D eigenvalue weighted by atomic mass is 79.9. The molecule has 0 aliphatic carbocycles. The van der Waals surface area contributed by atoms with Crippen molar-refractivity contribution in [1.29, 1.82) is 0 Å². The highest BCUT2D eigenvalue weighted by Crippen LogP contribution is 2.31. The molecule has 1 aliphatic rings. The van der Waals surface area contributed by atoms with Gasteiger partial charge in [0, 0.05) is 19.7 Å². The Bertz CT molecular complexity index is 448. The van der Waals surface area contributed by atoms with Crippen LogP contribution in [0.1, 0.15) is 12.0 Å². The SMILES string of the molecule is FC(F)(F)Oc1ccc(CNCC2CCOC2)cc1Br. The molecule has 7 heteroatoms. The van der Waals surface area contributed by atoms with E-state index in [9.17, 15) is 13.2 Å². The summed E-state index contributed by atoms with van der Waals surface area (Å²) in [6, 6.07) is 4.55. The van der Waals surface area contributed by atoms with E-state index in [0.717, 1.165) is 31.7 Å². The topological polar surface area (TPSA) is 30.5 Å². The third-order valence-corrected chi connectivity index (χ3v) is 3.63. The second-order valence-electron chi connectivity index (χ2n) is 4.67. The number of alkyl halides is 3. The molecule has 1 aliphatic heterocycles. The lowest BCUT2D eigenvalue weighted by Gasteiger charge is -2.13. The van der Waals surface area contributed by atoms with Crippen molar-refractivity contribution in [2.45, 2.75) is 19.3 Å². The Labute approximate surface area is 123 Å². The number of halogens is 4. The first-order valence-corrected chi connectivity index (χ1v) is 7.06. The molecule has 20 heavy (non-hydrogen) atoms. The molecule has 112 valence electrons. The minimum Gasteiger partial charge on any atom is -0.405 e. The fraction of sp³-hybridized carbons (Fsp3) is 0.538. The quantitative estimate of drug-likeness (QED) is 0.879. The normalized spacial score (nSPS) is 19.3. The predicted molar refractivity (Wildman–Crippen MR) is 71.5 cm³/mol. The van der Waals surface area contributed by atoms with E-state index in [1.165, 1.54) is 6.07 Å². The average Bonchev–Trinajstić information content (AvgIpc) is 2.84. The molecule has 1 fully saturated rings. The summed E-state index contributed by atoms with van der Waals surface area (Å²) in [6.07, 6.45) is -3.63. The van der Waals surface area contributed by atoms with Crippen LogP contribution in [0.4, 0.5) is 13.2 Å². The molecule has 3 nitrogen and oxygen atoms in total. The van der Waals surface area contributed by atoms with Crippen LogP contribution in [0.3, 0.4) is 0 Å². The lowest BCUT2D eigenvalue weighted by atomic mass is 10.1. The molecule has 1 heterocycles. The summed E-state index contributed by atoms with van der Waals surface area (Å²) >= 11 is 3.09. The monoisotopic (exact) mass is 353 g/mol. The average molecular weight is 354 g/mol.